The summed E-state index contributed by atoms with van der Waals surface area (Å²) in [5.41, 5.74) is 2.20. The number of hydrogen-bond donors (Lipinski definition) is 2. The number of carbonyl (C=O) groups excluding carboxylic acids is 1. The number of aryl methyl sites for hydroxylation is 1. The minimum atomic E-state index is -0.234. The van der Waals surface area contributed by atoms with Crippen molar-refractivity contribution in [2.24, 2.45) is 5.92 Å². The van der Waals surface area contributed by atoms with Crippen molar-refractivity contribution in [2.45, 2.75) is 70.1 Å². The Bertz CT molecular complexity index is 988. The second-order valence-corrected chi connectivity index (χ2v) is 9.52. The summed E-state index contributed by atoms with van der Waals surface area (Å²) in [4.78, 5) is 30.3. The Kier molecular flexibility index (Phi) is 5.94. The van der Waals surface area contributed by atoms with E-state index >= 15 is 0 Å². The molecule has 1 aromatic carbocycles. The first-order chi connectivity index (χ1) is 15.2. The van der Waals surface area contributed by atoms with Crippen molar-refractivity contribution < 1.29 is 4.79 Å². The fraction of sp³-hybridized carbons (Fsp3) is 0.625. The van der Waals surface area contributed by atoms with E-state index in [-0.39, 0.29) is 17.5 Å². The van der Waals surface area contributed by atoms with Crippen molar-refractivity contribution in [3.8, 4) is 5.69 Å². The summed E-state index contributed by atoms with van der Waals surface area (Å²) in [7, 11) is 0. The van der Waals surface area contributed by atoms with Crippen molar-refractivity contribution in [1.82, 2.24) is 19.7 Å². The largest absolute Gasteiger partial charge is 0.348 e. The lowest BCUT2D eigenvalue weighted by Gasteiger charge is -2.33. The first-order valence-corrected chi connectivity index (χ1v) is 12.0. The van der Waals surface area contributed by atoms with E-state index in [0.29, 0.717) is 18.5 Å². The first-order valence-electron chi connectivity index (χ1n) is 12.0. The smallest absolute Gasteiger partial charge is 0.324 e. The van der Waals surface area contributed by atoms with Crippen LogP contribution in [0.4, 0.5) is 5.69 Å². The van der Waals surface area contributed by atoms with Gasteiger partial charge in [0.25, 0.3) is 0 Å². The number of nitrogens with one attached hydrogen (secondary N) is 2. The Balaban J connectivity index is 1.30. The van der Waals surface area contributed by atoms with E-state index in [4.69, 9.17) is 5.10 Å². The van der Waals surface area contributed by atoms with E-state index < -0.39 is 0 Å². The summed E-state index contributed by atoms with van der Waals surface area (Å²) in [6.45, 7) is 3.26. The van der Waals surface area contributed by atoms with Gasteiger partial charge in [-0.15, -0.1) is 5.10 Å². The molecule has 3 aliphatic rings. The number of piperidine rings is 1. The molecule has 3 heterocycles. The van der Waals surface area contributed by atoms with Gasteiger partial charge in [-0.3, -0.25) is 9.78 Å². The van der Waals surface area contributed by atoms with E-state index in [9.17, 15) is 9.59 Å². The highest BCUT2D eigenvalue weighted by molar-refractivity contribution is 5.96. The molecule has 1 atom stereocenters. The summed E-state index contributed by atoms with van der Waals surface area (Å²) in [6, 6.07) is 5.79. The van der Waals surface area contributed by atoms with Crippen molar-refractivity contribution in [3.63, 3.8) is 0 Å². The Labute approximate surface area is 183 Å². The molecule has 1 saturated heterocycles. The lowest BCUT2D eigenvalue weighted by Crippen LogP contribution is -2.36. The number of hydrogen-bond acceptors (Lipinski definition) is 4. The van der Waals surface area contributed by atoms with Gasteiger partial charge < -0.3 is 10.2 Å². The van der Waals surface area contributed by atoms with Gasteiger partial charge in [0, 0.05) is 18.9 Å². The topological polar surface area (TPSA) is 83.0 Å². The molecule has 0 radical (unpaired) electrons. The fourth-order valence-electron chi connectivity index (χ4n) is 5.58. The van der Waals surface area contributed by atoms with Crippen molar-refractivity contribution >= 4 is 11.6 Å². The molecule has 1 aromatic heterocycles. The Morgan fingerprint density at radius 3 is 2.77 bits per heavy atom. The second kappa shape index (κ2) is 8.99. The number of aromatic amines is 1. The lowest BCUT2D eigenvalue weighted by molar-refractivity contribution is -0.116. The molecule has 2 N–H and O–H groups in total. The molecule has 7 heteroatoms. The van der Waals surface area contributed by atoms with Crippen LogP contribution in [0.15, 0.2) is 23.0 Å². The molecular weight excluding hydrogens is 390 g/mol. The zero-order valence-electron chi connectivity index (χ0n) is 18.2. The highest BCUT2D eigenvalue weighted by Gasteiger charge is 2.27. The maximum atomic E-state index is 12.8. The van der Waals surface area contributed by atoms with Crippen molar-refractivity contribution in [2.75, 3.05) is 25.0 Å². The minimum Gasteiger partial charge on any atom is -0.324 e. The summed E-state index contributed by atoms with van der Waals surface area (Å²) in [5, 5.41) is 7.63. The Morgan fingerprint density at radius 1 is 1.03 bits per heavy atom. The van der Waals surface area contributed by atoms with Crippen molar-refractivity contribution in [1.29, 1.82) is 0 Å². The third kappa shape index (κ3) is 4.47. The van der Waals surface area contributed by atoms with Crippen LogP contribution in [-0.4, -0.2) is 45.2 Å². The Morgan fingerprint density at radius 2 is 1.90 bits per heavy atom. The molecule has 0 unspecified atom stereocenters. The number of benzene rings is 1. The zero-order chi connectivity index (χ0) is 21.2. The summed E-state index contributed by atoms with van der Waals surface area (Å²) < 4.78 is 1.43. The lowest BCUT2D eigenvalue weighted by atomic mass is 9.86. The second-order valence-electron chi connectivity index (χ2n) is 9.52. The summed E-state index contributed by atoms with van der Waals surface area (Å²) >= 11 is 0. The molecule has 1 saturated carbocycles. The zero-order valence-corrected chi connectivity index (χ0v) is 18.2. The van der Waals surface area contributed by atoms with Gasteiger partial charge in [-0.05, 0) is 56.3 Å². The van der Waals surface area contributed by atoms with Gasteiger partial charge in [0.1, 0.15) is 5.82 Å². The third-order valence-corrected chi connectivity index (χ3v) is 7.35. The number of amides is 1. The molecule has 5 rings (SSSR count). The predicted octanol–water partition coefficient (Wildman–Crippen LogP) is 3.60. The van der Waals surface area contributed by atoms with E-state index in [1.165, 1.54) is 43.2 Å². The van der Waals surface area contributed by atoms with Crippen LogP contribution in [0.3, 0.4) is 0 Å². The summed E-state index contributed by atoms with van der Waals surface area (Å²) in [6.07, 6.45) is 11.7. The number of rotatable bonds is 5. The van der Waals surface area contributed by atoms with Gasteiger partial charge in [0.2, 0.25) is 5.91 Å². The van der Waals surface area contributed by atoms with Gasteiger partial charge in [0.15, 0.2) is 0 Å². The maximum absolute atomic E-state index is 12.8. The van der Waals surface area contributed by atoms with Crippen LogP contribution < -0.4 is 11.0 Å². The van der Waals surface area contributed by atoms with Crippen LogP contribution >= 0.6 is 0 Å². The monoisotopic (exact) mass is 423 g/mol. The standard InChI is InChI=1S/C24H33N5O2/c30-21-12-11-18-8-4-10-20(22(18)25-21)29-24(31)26-23(27-29)19-9-5-14-28(16-19)15-13-17-6-2-1-3-7-17/h4,8,10,17,19H,1-3,5-7,9,11-16H2,(H,25,30)(H,26,27,31)/t19-/m0/s1. The quantitative estimate of drug-likeness (QED) is 0.770. The highest BCUT2D eigenvalue weighted by Crippen LogP contribution is 2.30. The summed E-state index contributed by atoms with van der Waals surface area (Å²) in [5.74, 6) is 1.91. The van der Waals surface area contributed by atoms with E-state index in [1.54, 1.807) is 0 Å². The molecule has 2 aliphatic heterocycles. The van der Waals surface area contributed by atoms with Gasteiger partial charge in [-0.1, -0.05) is 44.2 Å². The maximum Gasteiger partial charge on any atom is 0.348 e. The van der Waals surface area contributed by atoms with E-state index in [1.807, 2.05) is 18.2 Å². The number of fused-ring (bicyclic) bond motifs is 1. The van der Waals surface area contributed by atoms with Crippen molar-refractivity contribution in [3.05, 3.63) is 40.1 Å². The number of likely N-dealkylation sites (tertiary alicyclic amines) is 1. The van der Waals surface area contributed by atoms with Crippen LogP contribution in [0.2, 0.25) is 0 Å². The number of para-hydroxylation sites is 1. The SMILES string of the molecule is O=C1CCc2cccc(-n3nc([C@H]4CCCN(CCC5CCCCC5)C4)[nH]c3=O)c2N1. The molecule has 2 fully saturated rings. The number of nitrogens with zero attached hydrogens (tertiary/aromatic N) is 3. The average Bonchev–Trinajstić information content (AvgIpc) is 3.19. The van der Waals surface area contributed by atoms with Gasteiger partial charge >= 0.3 is 5.69 Å². The molecular formula is C24H33N5O2. The van der Waals surface area contributed by atoms with Gasteiger partial charge in [0.05, 0.1) is 11.4 Å². The van der Waals surface area contributed by atoms with Crippen LogP contribution in [0, 0.1) is 5.92 Å². The molecule has 1 amide bonds. The Hall–Kier alpha value is -2.41. The number of anilines is 1. The molecule has 7 nitrogen and oxygen atoms in total. The molecule has 2 aromatic rings. The normalized spacial score (nSPS) is 22.8. The van der Waals surface area contributed by atoms with Crippen LogP contribution in [-0.2, 0) is 11.2 Å². The van der Waals surface area contributed by atoms with E-state index in [2.05, 4.69) is 15.2 Å². The van der Waals surface area contributed by atoms with E-state index in [0.717, 1.165) is 55.5 Å². The molecule has 31 heavy (non-hydrogen) atoms. The molecule has 166 valence electrons. The fourth-order valence-corrected chi connectivity index (χ4v) is 5.58. The predicted molar refractivity (Wildman–Crippen MR) is 121 cm³/mol. The molecule has 1 aliphatic carbocycles. The minimum absolute atomic E-state index is 0.00959. The van der Waals surface area contributed by atoms with Crippen LogP contribution in [0.25, 0.3) is 5.69 Å². The number of H-pyrrole nitrogens is 1. The first kappa shape index (κ1) is 20.5. The highest BCUT2D eigenvalue weighted by atomic mass is 16.2. The van der Waals surface area contributed by atoms with Gasteiger partial charge in [-0.25, -0.2) is 4.79 Å². The molecule has 0 bridgehead atoms. The average molecular weight is 424 g/mol. The van der Waals surface area contributed by atoms with Gasteiger partial charge in [-0.2, -0.15) is 4.68 Å². The third-order valence-electron chi connectivity index (χ3n) is 7.35. The molecule has 0 spiro atoms. The number of carbonyl (C=O) groups is 1. The van der Waals surface area contributed by atoms with Crippen LogP contribution in [0.1, 0.15) is 75.1 Å². The van der Waals surface area contributed by atoms with Crippen LogP contribution in [0.5, 0.6) is 0 Å². The number of aromatic nitrogens is 3.